The van der Waals surface area contributed by atoms with E-state index in [4.69, 9.17) is 0 Å². The van der Waals surface area contributed by atoms with E-state index in [1.54, 1.807) is 17.4 Å². The molecule has 0 saturated heterocycles. The molecule has 0 aliphatic carbocycles. The first-order chi connectivity index (χ1) is 10.7. The zero-order valence-electron chi connectivity index (χ0n) is 12.5. The predicted molar refractivity (Wildman–Crippen MR) is 88.1 cm³/mol. The van der Waals surface area contributed by atoms with Crippen LogP contribution in [0.1, 0.15) is 34.1 Å². The normalized spacial score (nSPS) is 13.4. The number of anilines is 1. The number of nitrogens with zero attached hydrogens (tertiary/aromatic N) is 1. The summed E-state index contributed by atoms with van der Waals surface area (Å²) in [6, 6.07) is 9.58. The summed E-state index contributed by atoms with van der Waals surface area (Å²) in [5.41, 5.74) is 2.56. The molecule has 114 valence electrons. The number of aryl methyl sites for hydroxylation is 1. The molecule has 0 radical (unpaired) electrons. The van der Waals surface area contributed by atoms with Gasteiger partial charge in [-0.1, -0.05) is 6.07 Å². The zero-order valence-corrected chi connectivity index (χ0v) is 13.3. The fourth-order valence-corrected chi connectivity index (χ4v) is 3.34. The van der Waals surface area contributed by atoms with E-state index in [0.717, 1.165) is 11.3 Å². The summed E-state index contributed by atoms with van der Waals surface area (Å²) in [7, 11) is 0. The van der Waals surface area contributed by atoms with Gasteiger partial charge in [-0.2, -0.15) is 0 Å². The van der Waals surface area contributed by atoms with E-state index in [-0.39, 0.29) is 11.8 Å². The Morgan fingerprint density at radius 3 is 2.91 bits per heavy atom. The summed E-state index contributed by atoms with van der Waals surface area (Å²) in [6.45, 7) is 3.30. The average Bonchev–Trinajstić information content (AvgIpc) is 3.04. The quantitative estimate of drug-likeness (QED) is 0.941. The number of benzene rings is 1. The van der Waals surface area contributed by atoms with Crippen LogP contribution in [0.4, 0.5) is 5.69 Å². The molecule has 2 heterocycles. The minimum Gasteiger partial charge on any atom is -0.334 e. The van der Waals surface area contributed by atoms with Crippen LogP contribution in [0.3, 0.4) is 0 Å². The third kappa shape index (κ3) is 3.04. The lowest BCUT2D eigenvalue weighted by Crippen LogP contribution is -2.30. The largest absolute Gasteiger partial charge is 0.334 e. The summed E-state index contributed by atoms with van der Waals surface area (Å²) in [5.74, 6) is 0.0788. The monoisotopic (exact) mass is 314 g/mol. The fraction of sp³-hybridized carbons (Fsp3) is 0.294. The first-order valence-electron chi connectivity index (χ1n) is 7.42. The number of amides is 2. The highest BCUT2D eigenvalue weighted by Crippen LogP contribution is 2.24. The van der Waals surface area contributed by atoms with Crippen LogP contribution in [0, 0.1) is 0 Å². The first kappa shape index (κ1) is 14.8. The Labute approximate surface area is 133 Å². The molecule has 3 rings (SSSR count). The number of hydrogen-bond donors (Lipinski definition) is 1. The van der Waals surface area contributed by atoms with Gasteiger partial charge in [0.2, 0.25) is 5.91 Å². The molecule has 1 aromatic heterocycles. The predicted octanol–water partition coefficient (Wildman–Crippen LogP) is 3.30. The van der Waals surface area contributed by atoms with Gasteiger partial charge in [0.1, 0.15) is 0 Å². The molecule has 0 unspecified atom stereocenters. The van der Waals surface area contributed by atoms with Crippen molar-refractivity contribution in [2.45, 2.75) is 26.3 Å². The Morgan fingerprint density at radius 2 is 2.18 bits per heavy atom. The van der Waals surface area contributed by atoms with Gasteiger partial charge >= 0.3 is 0 Å². The van der Waals surface area contributed by atoms with E-state index < -0.39 is 0 Å². The standard InChI is InChI=1S/C17H18N2O2S/c1-2-19(11-14-4-3-9-22-14)17(21)13-5-7-15-12(10-13)6-8-16(20)18-15/h3-5,7,9-10H,2,6,8,11H2,1H3,(H,18,20). The van der Waals surface area contributed by atoms with Crippen LogP contribution in [0.15, 0.2) is 35.7 Å². The van der Waals surface area contributed by atoms with E-state index >= 15 is 0 Å². The molecule has 1 aromatic carbocycles. The van der Waals surface area contributed by atoms with Crippen molar-refractivity contribution in [3.63, 3.8) is 0 Å². The molecular formula is C17H18N2O2S. The minimum atomic E-state index is 0.0376. The fourth-order valence-electron chi connectivity index (χ4n) is 2.62. The van der Waals surface area contributed by atoms with E-state index in [9.17, 15) is 9.59 Å². The molecule has 0 bridgehead atoms. The van der Waals surface area contributed by atoms with Gasteiger partial charge in [-0.15, -0.1) is 11.3 Å². The van der Waals surface area contributed by atoms with Crippen molar-refractivity contribution in [3.05, 3.63) is 51.7 Å². The molecule has 0 fully saturated rings. The van der Waals surface area contributed by atoms with Crippen molar-refractivity contribution in [1.82, 2.24) is 4.90 Å². The highest BCUT2D eigenvalue weighted by atomic mass is 32.1. The van der Waals surface area contributed by atoms with Crippen molar-refractivity contribution in [1.29, 1.82) is 0 Å². The second-order valence-corrected chi connectivity index (χ2v) is 6.35. The molecule has 4 nitrogen and oxygen atoms in total. The van der Waals surface area contributed by atoms with Crippen LogP contribution in [-0.4, -0.2) is 23.3 Å². The molecular weight excluding hydrogens is 296 g/mol. The highest BCUT2D eigenvalue weighted by molar-refractivity contribution is 7.09. The molecule has 2 amide bonds. The van der Waals surface area contributed by atoms with E-state index in [2.05, 4.69) is 5.32 Å². The third-order valence-electron chi connectivity index (χ3n) is 3.84. The number of nitrogens with one attached hydrogen (secondary N) is 1. The SMILES string of the molecule is CCN(Cc1cccs1)C(=O)c1ccc2c(c1)CCC(=O)N2. The molecule has 22 heavy (non-hydrogen) atoms. The van der Waals surface area contributed by atoms with Gasteiger partial charge in [-0.25, -0.2) is 0 Å². The van der Waals surface area contributed by atoms with Crippen LogP contribution in [-0.2, 0) is 17.8 Å². The maximum absolute atomic E-state index is 12.7. The topological polar surface area (TPSA) is 49.4 Å². The molecule has 0 atom stereocenters. The molecule has 5 heteroatoms. The smallest absolute Gasteiger partial charge is 0.254 e. The van der Waals surface area contributed by atoms with E-state index in [1.165, 1.54) is 4.88 Å². The van der Waals surface area contributed by atoms with Gasteiger partial charge in [-0.3, -0.25) is 9.59 Å². The van der Waals surface area contributed by atoms with Crippen molar-refractivity contribution in [2.75, 3.05) is 11.9 Å². The number of hydrogen-bond acceptors (Lipinski definition) is 3. The van der Waals surface area contributed by atoms with Crippen LogP contribution in [0.5, 0.6) is 0 Å². The van der Waals surface area contributed by atoms with Crippen LogP contribution < -0.4 is 5.32 Å². The van der Waals surface area contributed by atoms with Crippen molar-refractivity contribution in [2.24, 2.45) is 0 Å². The second kappa shape index (κ2) is 6.32. The number of carbonyl (C=O) groups is 2. The Bertz CT molecular complexity index is 695. The van der Waals surface area contributed by atoms with E-state index in [1.807, 2.05) is 41.5 Å². The lowest BCUT2D eigenvalue weighted by atomic mass is 10.00. The highest BCUT2D eigenvalue weighted by Gasteiger charge is 2.19. The molecule has 2 aromatic rings. The number of rotatable bonds is 4. The minimum absolute atomic E-state index is 0.0376. The van der Waals surface area contributed by atoms with Gasteiger partial charge in [-0.05, 0) is 48.6 Å². The zero-order chi connectivity index (χ0) is 15.5. The van der Waals surface area contributed by atoms with Gasteiger partial charge < -0.3 is 10.2 Å². The van der Waals surface area contributed by atoms with Gasteiger partial charge in [0, 0.05) is 29.1 Å². The van der Waals surface area contributed by atoms with Crippen molar-refractivity contribution < 1.29 is 9.59 Å². The summed E-state index contributed by atoms with van der Waals surface area (Å²) in [6.07, 6.45) is 1.18. The maximum atomic E-state index is 12.7. The summed E-state index contributed by atoms with van der Waals surface area (Å²) in [5, 5.41) is 4.87. The Balaban J connectivity index is 1.80. The number of thiophene rings is 1. The Hall–Kier alpha value is -2.14. The summed E-state index contributed by atoms with van der Waals surface area (Å²) in [4.78, 5) is 27.1. The molecule has 0 spiro atoms. The van der Waals surface area contributed by atoms with Gasteiger partial charge in [0.05, 0.1) is 6.54 Å². The van der Waals surface area contributed by atoms with Crippen LogP contribution >= 0.6 is 11.3 Å². The number of carbonyl (C=O) groups excluding carboxylic acids is 2. The van der Waals surface area contributed by atoms with Crippen molar-refractivity contribution >= 4 is 28.8 Å². The molecule has 1 aliphatic rings. The second-order valence-electron chi connectivity index (χ2n) is 5.32. The average molecular weight is 314 g/mol. The van der Waals surface area contributed by atoms with Crippen LogP contribution in [0.2, 0.25) is 0 Å². The van der Waals surface area contributed by atoms with E-state index in [0.29, 0.717) is 31.5 Å². The maximum Gasteiger partial charge on any atom is 0.254 e. The lowest BCUT2D eigenvalue weighted by Gasteiger charge is -2.22. The number of fused-ring (bicyclic) bond motifs is 1. The first-order valence-corrected chi connectivity index (χ1v) is 8.29. The molecule has 1 aliphatic heterocycles. The van der Waals surface area contributed by atoms with Gasteiger partial charge in [0.25, 0.3) is 5.91 Å². The summed E-state index contributed by atoms with van der Waals surface area (Å²) < 4.78 is 0. The molecule has 1 N–H and O–H groups in total. The Morgan fingerprint density at radius 1 is 1.32 bits per heavy atom. The lowest BCUT2D eigenvalue weighted by molar-refractivity contribution is -0.116. The summed E-state index contributed by atoms with van der Waals surface area (Å²) >= 11 is 1.66. The molecule has 0 saturated carbocycles. The van der Waals surface area contributed by atoms with Gasteiger partial charge in [0.15, 0.2) is 0 Å². The Kier molecular flexibility index (Phi) is 4.24. The van der Waals surface area contributed by atoms with Crippen molar-refractivity contribution in [3.8, 4) is 0 Å². The van der Waals surface area contributed by atoms with Crippen LogP contribution in [0.25, 0.3) is 0 Å². The third-order valence-corrected chi connectivity index (χ3v) is 4.70.